The van der Waals surface area contributed by atoms with Crippen LogP contribution in [0.5, 0.6) is 0 Å². The standard InChI is InChI=1S/C19H19N5O3/c25-17(13-5-6-20-9-13)22-14-7-12(8-21-10-14)11-24-16-4-2-1-3-15(16)18(26)23-19(24)27/h1-4,7-8,10,13,20H,5-6,9,11H2,(H,22,25)(H,23,26,27)/t13-/m0/s1. The molecule has 0 saturated carbocycles. The van der Waals surface area contributed by atoms with Crippen LogP contribution in [0.1, 0.15) is 12.0 Å². The Bertz CT molecular complexity index is 1110. The van der Waals surface area contributed by atoms with Crippen molar-refractivity contribution in [1.82, 2.24) is 19.9 Å². The predicted octanol–water partition coefficient (Wildman–Crippen LogP) is 0.681. The van der Waals surface area contributed by atoms with Gasteiger partial charge in [0.05, 0.1) is 35.2 Å². The summed E-state index contributed by atoms with van der Waals surface area (Å²) >= 11 is 0. The third-order valence-electron chi connectivity index (χ3n) is 4.74. The van der Waals surface area contributed by atoms with E-state index < -0.39 is 11.2 Å². The van der Waals surface area contributed by atoms with Crippen molar-refractivity contribution in [2.45, 2.75) is 13.0 Å². The molecule has 138 valence electrons. The van der Waals surface area contributed by atoms with Gasteiger partial charge < -0.3 is 10.6 Å². The molecule has 1 aromatic carbocycles. The van der Waals surface area contributed by atoms with Crippen molar-refractivity contribution in [2.75, 3.05) is 18.4 Å². The first-order chi connectivity index (χ1) is 13.1. The number of aromatic nitrogens is 3. The molecule has 3 heterocycles. The lowest BCUT2D eigenvalue weighted by atomic mass is 10.1. The van der Waals surface area contributed by atoms with Crippen LogP contribution >= 0.6 is 0 Å². The van der Waals surface area contributed by atoms with Crippen molar-refractivity contribution in [1.29, 1.82) is 0 Å². The highest BCUT2D eigenvalue weighted by atomic mass is 16.2. The summed E-state index contributed by atoms with van der Waals surface area (Å²) in [4.78, 5) is 43.1. The largest absolute Gasteiger partial charge is 0.329 e. The summed E-state index contributed by atoms with van der Waals surface area (Å²) < 4.78 is 1.49. The van der Waals surface area contributed by atoms with Crippen LogP contribution in [0.4, 0.5) is 5.69 Å². The second-order valence-corrected chi connectivity index (χ2v) is 6.62. The molecule has 4 rings (SSSR count). The molecule has 8 nitrogen and oxygen atoms in total. The number of pyridine rings is 1. The normalized spacial score (nSPS) is 16.5. The molecule has 27 heavy (non-hydrogen) atoms. The number of aromatic amines is 1. The van der Waals surface area contributed by atoms with Gasteiger partial charge in [0.15, 0.2) is 0 Å². The number of benzene rings is 1. The second-order valence-electron chi connectivity index (χ2n) is 6.62. The van der Waals surface area contributed by atoms with E-state index in [1.165, 1.54) is 4.57 Å². The summed E-state index contributed by atoms with van der Waals surface area (Å²) in [6.45, 7) is 1.76. The third kappa shape index (κ3) is 3.52. The number of hydrogen-bond acceptors (Lipinski definition) is 5. The van der Waals surface area contributed by atoms with Crippen LogP contribution in [-0.4, -0.2) is 33.5 Å². The van der Waals surface area contributed by atoms with Gasteiger partial charge in [0.2, 0.25) is 5.91 Å². The molecule has 3 N–H and O–H groups in total. The second kappa shape index (κ2) is 7.16. The van der Waals surface area contributed by atoms with Crippen LogP contribution in [0.15, 0.2) is 52.3 Å². The molecule has 1 aliphatic heterocycles. The van der Waals surface area contributed by atoms with E-state index in [9.17, 15) is 14.4 Å². The van der Waals surface area contributed by atoms with Crippen molar-refractivity contribution >= 4 is 22.5 Å². The fourth-order valence-electron chi connectivity index (χ4n) is 3.35. The quantitative estimate of drug-likeness (QED) is 0.630. The van der Waals surface area contributed by atoms with Gasteiger partial charge in [-0.3, -0.25) is 24.1 Å². The number of fused-ring (bicyclic) bond motifs is 1. The first-order valence-corrected chi connectivity index (χ1v) is 8.79. The minimum Gasteiger partial charge on any atom is -0.324 e. The fraction of sp³-hybridized carbons (Fsp3) is 0.263. The average Bonchev–Trinajstić information content (AvgIpc) is 3.20. The molecular formula is C19H19N5O3. The van der Waals surface area contributed by atoms with Crippen molar-refractivity contribution in [3.63, 3.8) is 0 Å². The molecule has 2 aromatic heterocycles. The molecule has 1 atom stereocenters. The van der Waals surface area contributed by atoms with Gasteiger partial charge in [-0.05, 0) is 36.7 Å². The number of nitrogens with zero attached hydrogens (tertiary/aromatic N) is 2. The zero-order valence-corrected chi connectivity index (χ0v) is 14.6. The first-order valence-electron chi connectivity index (χ1n) is 8.79. The molecule has 0 unspecified atom stereocenters. The van der Waals surface area contributed by atoms with E-state index in [2.05, 4.69) is 20.6 Å². The lowest BCUT2D eigenvalue weighted by Gasteiger charge is -2.12. The van der Waals surface area contributed by atoms with Gasteiger partial charge in [-0.25, -0.2) is 4.79 Å². The number of H-pyrrole nitrogens is 1. The molecule has 1 fully saturated rings. The SMILES string of the molecule is O=C(Nc1cncc(Cn2c(=O)[nH]c(=O)c3ccccc32)c1)[C@H]1CCNC1. The Labute approximate surface area is 154 Å². The predicted molar refractivity (Wildman–Crippen MR) is 102 cm³/mol. The van der Waals surface area contributed by atoms with Crippen LogP contribution in [0, 0.1) is 5.92 Å². The monoisotopic (exact) mass is 365 g/mol. The van der Waals surface area contributed by atoms with Crippen LogP contribution in [-0.2, 0) is 11.3 Å². The van der Waals surface area contributed by atoms with Gasteiger partial charge in [0.1, 0.15) is 0 Å². The Morgan fingerprint density at radius 2 is 2.11 bits per heavy atom. The van der Waals surface area contributed by atoms with E-state index in [4.69, 9.17) is 0 Å². The molecule has 0 bridgehead atoms. The van der Waals surface area contributed by atoms with Gasteiger partial charge in [0.25, 0.3) is 5.56 Å². The number of anilines is 1. The minimum atomic E-state index is -0.481. The number of rotatable bonds is 4. The van der Waals surface area contributed by atoms with Crippen LogP contribution in [0.25, 0.3) is 10.9 Å². The highest BCUT2D eigenvalue weighted by molar-refractivity contribution is 5.92. The van der Waals surface area contributed by atoms with Crippen molar-refractivity contribution in [3.05, 3.63) is 69.1 Å². The van der Waals surface area contributed by atoms with E-state index in [1.54, 1.807) is 42.7 Å². The number of hydrogen-bond donors (Lipinski definition) is 3. The number of carbonyl (C=O) groups excluding carboxylic acids is 1. The topological polar surface area (TPSA) is 109 Å². The smallest absolute Gasteiger partial charge is 0.324 e. The van der Waals surface area contributed by atoms with E-state index in [0.717, 1.165) is 18.5 Å². The Hall–Kier alpha value is -3.26. The van der Waals surface area contributed by atoms with Crippen molar-refractivity contribution < 1.29 is 4.79 Å². The van der Waals surface area contributed by atoms with Gasteiger partial charge >= 0.3 is 5.69 Å². The van der Waals surface area contributed by atoms with E-state index in [-0.39, 0.29) is 18.4 Å². The minimum absolute atomic E-state index is 0.0365. The molecule has 3 aromatic rings. The summed E-state index contributed by atoms with van der Waals surface area (Å²) in [5, 5.41) is 6.50. The zero-order valence-electron chi connectivity index (χ0n) is 14.6. The maximum Gasteiger partial charge on any atom is 0.329 e. The van der Waals surface area contributed by atoms with Crippen LogP contribution in [0.3, 0.4) is 0 Å². The Kier molecular flexibility index (Phi) is 4.55. The number of para-hydroxylation sites is 1. The van der Waals surface area contributed by atoms with Gasteiger partial charge in [0, 0.05) is 12.7 Å². The summed E-state index contributed by atoms with van der Waals surface area (Å²) in [5.74, 6) is -0.0787. The van der Waals surface area contributed by atoms with Gasteiger partial charge in [-0.2, -0.15) is 0 Å². The molecule has 0 aliphatic carbocycles. The number of carbonyl (C=O) groups is 1. The first kappa shape index (κ1) is 17.2. The number of amides is 1. The lowest BCUT2D eigenvalue weighted by molar-refractivity contribution is -0.119. The highest BCUT2D eigenvalue weighted by Gasteiger charge is 2.22. The molecule has 8 heteroatoms. The fourth-order valence-corrected chi connectivity index (χ4v) is 3.35. The van der Waals surface area contributed by atoms with Crippen LogP contribution < -0.4 is 21.9 Å². The molecule has 1 aliphatic rings. The lowest BCUT2D eigenvalue weighted by Crippen LogP contribution is -2.30. The summed E-state index contributed by atoms with van der Waals surface area (Å²) in [5.41, 5.74) is 1.00. The molecule has 0 spiro atoms. The molecule has 1 saturated heterocycles. The molecule has 0 radical (unpaired) electrons. The average molecular weight is 365 g/mol. The van der Waals surface area contributed by atoms with E-state index in [1.807, 2.05) is 0 Å². The van der Waals surface area contributed by atoms with E-state index in [0.29, 0.717) is 23.1 Å². The zero-order chi connectivity index (χ0) is 18.8. The van der Waals surface area contributed by atoms with Gasteiger partial charge in [-0.1, -0.05) is 12.1 Å². The van der Waals surface area contributed by atoms with Crippen molar-refractivity contribution in [2.24, 2.45) is 5.92 Å². The highest BCUT2D eigenvalue weighted by Crippen LogP contribution is 2.15. The summed E-state index contributed by atoms with van der Waals surface area (Å²) in [6.07, 6.45) is 4.04. The summed E-state index contributed by atoms with van der Waals surface area (Å²) in [6, 6.07) is 8.73. The van der Waals surface area contributed by atoms with Crippen LogP contribution in [0.2, 0.25) is 0 Å². The Morgan fingerprint density at radius 3 is 2.93 bits per heavy atom. The number of nitrogens with one attached hydrogen (secondary N) is 3. The molecule has 1 amide bonds. The van der Waals surface area contributed by atoms with Gasteiger partial charge in [-0.15, -0.1) is 0 Å². The maximum absolute atomic E-state index is 12.3. The Balaban J connectivity index is 1.62. The Morgan fingerprint density at radius 1 is 1.26 bits per heavy atom. The molecular weight excluding hydrogens is 346 g/mol. The van der Waals surface area contributed by atoms with E-state index >= 15 is 0 Å². The maximum atomic E-state index is 12.3. The third-order valence-corrected chi connectivity index (χ3v) is 4.74. The van der Waals surface area contributed by atoms with Crippen molar-refractivity contribution in [3.8, 4) is 0 Å². The summed E-state index contributed by atoms with van der Waals surface area (Å²) in [7, 11) is 0.